The van der Waals surface area contributed by atoms with Gasteiger partial charge in [0.1, 0.15) is 22.8 Å². The van der Waals surface area contributed by atoms with E-state index in [-0.39, 0.29) is 22.3 Å². The van der Waals surface area contributed by atoms with Gasteiger partial charge in [0.2, 0.25) is 6.61 Å². The highest BCUT2D eigenvalue weighted by Crippen LogP contribution is 2.43. The molecule has 0 saturated carbocycles. The molecule has 0 unspecified atom stereocenters. The summed E-state index contributed by atoms with van der Waals surface area (Å²) < 4.78 is 4.48. The van der Waals surface area contributed by atoms with Crippen molar-refractivity contribution in [3.8, 4) is 0 Å². The number of carbonyl (C=O) groups is 5. The lowest BCUT2D eigenvalue weighted by molar-refractivity contribution is -0.150. The van der Waals surface area contributed by atoms with Gasteiger partial charge >= 0.3 is 17.9 Å². The number of carbonyl (C=O) groups excluding carboxylic acids is 3. The maximum absolute atomic E-state index is 12.9. The van der Waals surface area contributed by atoms with Crippen LogP contribution in [0.15, 0.2) is 32.6 Å². The second kappa shape index (κ2) is 11.2. The van der Waals surface area contributed by atoms with Crippen molar-refractivity contribution in [3.63, 3.8) is 0 Å². The molecular formula is C18H17N5O9S3. The quantitative estimate of drug-likeness (QED) is 0.0978. The number of β-lactam (4-membered cyclic amide) rings is 1. The zero-order valence-electron chi connectivity index (χ0n) is 17.7. The molecule has 1 fully saturated rings. The van der Waals surface area contributed by atoms with E-state index in [0.717, 1.165) is 34.1 Å². The van der Waals surface area contributed by atoms with Gasteiger partial charge < -0.3 is 30.8 Å². The number of methoxy groups -OCH3 is 1. The number of thioether (sulfide) groups is 2. The monoisotopic (exact) mass is 543 g/mol. The first kappa shape index (κ1) is 26.0. The molecule has 2 aliphatic rings. The normalized spacial score (nSPS) is 19.7. The van der Waals surface area contributed by atoms with Crippen molar-refractivity contribution in [2.45, 2.75) is 11.4 Å². The summed E-state index contributed by atoms with van der Waals surface area (Å²) in [6, 6.07) is -1.08. The molecule has 0 aliphatic carbocycles. The van der Waals surface area contributed by atoms with Crippen molar-refractivity contribution in [3.05, 3.63) is 33.2 Å². The molecule has 2 amide bonds. The van der Waals surface area contributed by atoms with Gasteiger partial charge in [0.05, 0.1) is 7.11 Å². The first-order valence-corrected chi connectivity index (χ1v) is 12.2. The third-order valence-corrected chi connectivity index (χ3v) is 7.39. The summed E-state index contributed by atoms with van der Waals surface area (Å²) >= 11 is 3.18. The number of hydrogen-bond donors (Lipinski definition) is 4. The highest BCUT2D eigenvalue weighted by Gasteiger charge is 2.54. The molecule has 5 N–H and O–H groups in total. The molecule has 17 heteroatoms. The number of rotatable bonds is 10. The van der Waals surface area contributed by atoms with Crippen LogP contribution in [0.25, 0.3) is 0 Å². The lowest BCUT2D eigenvalue weighted by Crippen LogP contribution is -2.71. The molecule has 0 aromatic carbocycles. The van der Waals surface area contributed by atoms with Crippen LogP contribution in [0.4, 0.5) is 5.13 Å². The summed E-state index contributed by atoms with van der Waals surface area (Å²) in [5.74, 6) is -4.65. The molecule has 1 aromatic heterocycles. The summed E-state index contributed by atoms with van der Waals surface area (Å²) in [6.07, 6.45) is 1.12. The minimum atomic E-state index is -1.34. The summed E-state index contributed by atoms with van der Waals surface area (Å²) in [4.78, 5) is 69.4. The maximum atomic E-state index is 12.9. The van der Waals surface area contributed by atoms with Crippen molar-refractivity contribution in [1.29, 1.82) is 0 Å². The van der Waals surface area contributed by atoms with E-state index in [9.17, 15) is 29.1 Å². The van der Waals surface area contributed by atoms with Crippen LogP contribution in [0.5, 0.6) is 0 Å². The summed E-state index contributed by atoms with van der Waals surface area (Å²) in [7, 11) is 1.20. The Balaban J connectivity index is 1.77. The highest BCUT2D eigenvalue weighted by atomic mass is 32.2. The fourth-order valence-electron chi connectivity index (χ4n) is 2.88. The molecule has 1 aromatic rings. The number of carboxylic acids is 2. The first-order chi connectivity index (χ1) is 16.6. The minimum absolute atomic E-state index is 0.0116. The molecule has 3 heterocycles. The van der Waals surface area contributed by atoms with Crippen molar-refractivity contribution >= 4 is 75.4 Å². The number of nitrogens with two attached hydrogens (primary N) is 1. The van der Waals surface area contributed by atoms with Crippen LogP contribution in [-0.2, 0) is 33.5 Å². The lowest BCUT2D eigenvalue weighted by atomic mass is 10.0. The van der Waals surface area contributed by atoms with E-state index in [0.29, 0.717) is 4.91 Å². The Hall–Kier alpha value is -3.57. The van der Waals surface area contributed by atoms with E-state index < -0.39 is 53.5 Å². The van der Waals surface area contributed by atoms with E-state index in [1.807, 2.05) is 0 Å². The molecule has 1 saturated heterocycles. The smallest absolute Gasteiger partial charge is 0.353 e. The van der Waals surface area contributed by atoms with Crippen molar-refractivity contribution in [1.82, 2.24) is 15.2 Å². The second-order valence-corrected chi connectivity index (χ2v) is 9.56. The van der Waals surface area contributed by atoms with Crippen LogP contribution in [0.3, 0.4) is 0 Å². The number of thiazole rings is 1. The van der Waals surface area contributed by atoms with E-state index in [4.69, 9.17) is 10.8 Å². The Kier molecular flexibility index (Phi) is 8.36. The molecular weight excluding hydrogens is 526 g/mol. The molecule has 0 bridgehead atoms. The van der Waals surface area contributed by atoms with Crippen LogP contribution in [0.2, 0.25) is 0 Å². The molecule has 2 aliphatic heterocycles. The van der Waals surface area contributed by atoms with Crippen LogP contribution < -0.4 is 11.1 Å². The van der Waals surface area contributed by atoms with Gasteiger partial charge in [-0.25, -0.2) is 19.4 Å². The number of nitrogens with zero attached hydrogens (tertiary/aromatic N) is 3. The number of nitrogen functional groups attached to an aromatic ring is 1. The first-order valence-electron chi connectivity index (χ1n) is 9.40. The third kappa shape index (κ3) is 5.92. The fraction of sp³-hybridized carbons (Fsp3) is 0.278. The number of fused-ring (bicyclic) bond motifs is 1. The largest absolute Gasteiger partial charge is 0.479 e. The predicted octanol–water partition coefficient (Wildman–Crippen LogP) is -0.353. The Morgan fingerprint density at radius 1 is 1.40 bits per heavy atom. The lowest BCUT2D eigenvalue weighted by Gasteiger charge is -2.49. The summed E-state index contributed by atoms with van der Waals surface area (Å²) in [6.45, 7) is -0.817. The fourth-order valence-corrected chi connectivity index (χ4v) is 5.74. The van der Waals surface area contributed by atoms with Gasteiger partial charge in [-0.1, -0.05) is 16.9 Å². The Bertz CT molecular complexity index is 1160. The number of amides is 2. The number of aliphatic carboxylic acids is 2. The number of ether oxygens (including phenoxy) is 1. The van der Waals surface area contributed by atoms with Crippen LogP contribution in [0, 0.1) is 0 Å². The van der Waals surface area contributed by atoms with Gasteiger partial charge in [-0.2, -0.15) is 0 Å². The van der Waals surface area contributed by atoms with Crippen LogP contribution in [-0.4, -0.2) is 86.4 Å². The number of esters is 1. The zero-order valence-corrected chi connectivity index (χ0v) is 20.1. The molecule has 186 valence electrons. The minimum Gasteiger partial charge on any atom is -0.479 e. The summed E-state index contributed by atoms with van der Waals surface area (Å²) in [5.41, 5.74) is 4.94. The van der Waals surface area contributed by atoms with Crippen LogP contribution in [0.1, 0.15) is 5.69 Å². The number of anilines is 1. The average Bonchev–Trinajstić information content (AvgIpc) is 3.24. The van der Waals surface area contributed by atoms with E-state index >= 15 is 0 Å². The predicted molar refractivity (Wildman–Crippen MR) is 125 cm³/mol. The Labute approximate surface area is 209 Å². The summed E-state index contributed by atoms with van der Waals surface area (Å²) in [5, 5.41) is 26.5. The molecule has 3 rings (SSSR count). The second-order valence-electron chi connectivity index (χ2n) is 6.56. The van der Waals surface area contributed by atoms with Gasteiger partial charge in [0.15, 0.2) is 10.8 Å². The SMILES string of the molecule is COC(=O)/C=C/SC1=C(C(=O)O)N2C(=O)[C@@H](NC(=O)/C(=N\OCC(=O)O)c3csc(N)n3)[C@H]2SC1. The highest BCUT2D eigenvalue weighted by molar-refractivity contribution is 8.08. The van der Waals surface area contributed by atoms with Gasteiger partial charge in [-0.05, 0) is 5.41 Å². The van der Waals surface area contributed by atoms with Crippen molar-refractivity contribution in [2.24, 2.45) is 5.16 Å². The van der Waals surface area contributed by atoms with Gasteiger partial charge in [0.25, 0.3) is 11.8 Å². The van der Waals surface area contributed by atoms with Gasteiger partial charge in [0, 0.05) is 22.1 Å². The topological polar surface area (TPSA) is 211 Å². The van der Waals surface area contributed by atoms with E-state index in [2.05, 4.69) is 25.0 Å². The van der Waals surface area contributed by atoms with Crippen molar-refractivity contribution in [2.75, 3.05) is 25.2 Å². The van der Waals surface area contributed by atoms with Crippen molar-refractivity contribution < 1.29 is 43.8 Å². The number of nitrogens with one attached hydrogen (secondary N) is 1. The number of hydrogen-bond acceptors (Lipinski definition) is 13. The number of carboxylic acid groups (broad SMARTS) is 2. The number of oxime groups is 1. The molecule has 2 atom stereocenters. The Morgan fingerprint density at radius 3 is 2.74 bits per heavy atom. The average molecular weight is 544 g/mol. The zero-order chi connectivity index (χ0) is 25.7. The van der Waals surface area contributed by atoms with Crippen LogP contribution >= 0.6 is 34.9 Å². The standard InChI is InChI=1S/C18H17N5O9S3/c1-31-10(26)2-3-33-8-6-34-16-12(15(28)23(16)13(8)17(29)30)21-14(27)11(22-32-4-9(24)25)7-5-35-18(19)20-7/h2-3,5,12,16H,4,6H2,1H3,(H2,19,20)(H,21,27)(H,24,25)(H,29,30)/b3-2+,22-11-/t12-,16-/m1/s1. The maximum Gasteiger partial charge on any atom is 0.353 e. The molecule has 35 heavy (non-hydrogen) atoms. The van der Waals surface area contributed by atoms with Gasteiger partial charge in [-0.15, -0.1) is 23.1 Å². The van der Waals surface area contributed by atoms with E-state index in [1.54, 1.807) is 0 Å². The molecule has 0 radical (unpaired) electrons. The van der Waals surface area contributed by atoms with Gasteiger partial charge in [-0.3, -0.25) is 14.5 Å². The van der Waals surface area contributed by atoms with E-state index in [1.165, 1.54) is 29.7 Å². The molecule has 0 spiro atoms. The Morgan fingerprint density at radius 2 is 2.14 bits per heavy atom. The molecule has 14 nitrogen and oxygen atoms in total. The number of aromatic nitrogens is 1. The third-order valence-electron chi connectivity index (χ3n) is 4.36.